The summed E-state index contributed by atoms with van der Waals surface area (Å²) in [5.41, 5.74) is 2.55. The minimum atomic E-state index is -4.34. The molecule has 1 aliphatic heterocycles. The second-order valence-electron chi connectivity index (χ2n) is 13.4. The van der Waals surface area contributed by atoms with Gasteiger partial charge in [-0.05, 0) is 101 Å². The molecule has 1 aliphatic carbocycles. The molecule has 1 saturated carbocycles. The molecule has 1 saturated heterocycles. The number of nitrogens with one attached hydrogen (secondary N) is 1. The maximum absolute atomic E-state index is 13.3. The van der Waals surface area contributed by atoms with Crippen LogP contribution in [-0.4, -0.2) is 78.0 Å². The number of carbonyl (C=O) groups excluding carboxylic acids is 2. The van der Waals surface area contributed by atoms with Crippen LogP contribution in [0.4, 0.5) is 10.6 Å². The van der Waals surface area contributed by atoms with Crippen LogP contribution < -0.4 is 10.1 Å². The van der Waals surface area contributed by atoms with Crippen molar-refractivity contribution in [2.45, 2.75) is 82.9 Å². The number of nitrogens with zero attached hydrogens (tertiary/aromatic N) is 4. The van der Waals surface area contributed by atoms with Gasteiger partial charge in [0.05, 0.1) is 5.69 Å². The number of piperazine rings is 1. The molecule has 0 unspecified atom stereocenters. The summed E-state index contributed by atoms with van der Waals surface area (Å²) in [6, 6.07) is 10.1. The van der Waals surface area contributed by atoms with Crippen molar-refractivity contribution in [2.75, 3.05) is 31.5 Å². The van der Waals surface area contributed by atoms with Gasteiger partial charge in [-0.2, -0.15) is 0 Å². The maximum Gasteiger partial charge on any atom is 0.410 e. The highest BCUT2D eigenvalue weighted by Gasteiger charge is 2.33. The lowest BCUT2D eigenvalue weighted by molar-refractivity contribution is -0.00326. The first kappa shape index (κ1) is 34.6. The second-order valence-corrected chi connectivity index (χ2v) is 15.9. The number of ether oxygens (including phenoxy) is 2. The number of pyridine rings is 2. The van der Waals surface area contributed by atoms with E-state index in [2.05, 4.69) is 15.2 Å². The van der Waals surface area contributed by atoms with E-state index >= 15 is 0 Å². The topological polar surface area (TPSA) is 131 Å². The largest absolute Gasteiger partial charge is 0.481 e. The quantitative estimate of drug-likeness (QED) is 0.262. The third kappa shape index (κ3) is 8.79. The van der Waals surface area contributed by atoms with E-state index in [0.717, 1.165) is 24.0 Å². The van der Waals surface area contributed by atoms with Gasteiger partial charge in [0.1, 0.15) is 22.1 Å². The van der Waals surface area contributed by atoms with Gasteiger partial charge in [-0.25, -0.2) is 18.2 Å². The van der Waals surface area contributed by atoms with Gasteiger partial charge in [0, 0.05) is 60.9 Å². The van der Waals surface area contributed by atoms with Crippen molar-refractivity contribution < 1.29 is 27.5 Å². The van der Waals surface area contributed by atoms with E-state index in [1.165, 1.54) is 12.1 Å². The number of aromatic nitrogens is 2. The average molecular weight is 684 g/mol. The van der Waals surface area contributed by atoms with Crippen molar-refractivity contribution in [3.05, 3.63) is 76.7 Å². The molecule has 0 spiro atoms. The van der Waals surface area contributed by atoms with E-state index in [-0.39, 0.29) is 28.3 Å². The molecule has 252 valence electrons. The van der Waals surface area contributed by atoms with Gasteiger partial charge in [-0.3, -0.25) is 14.7 Å². The van der Waals surface area contributed by atoms with Crippen LogP contribution in [0.1, 0.15) is 85.3 Å². The minimum Gasteiger partial charge on any atom is -0.481 e. The zero-order valence-corrected chi connectivity index (χ0v) is 29.2. The molecule has 2 aromatic heterocycles. The third-order valence-corrected chi connectivity index (χ3v) is 9.60. The van der Waals surface area contributed by atoms with E-state index in [9.17, 15) is 18.0 Å². The van der Waals surface area contributed by atoms with Gasteiger partial charge in [0.25, 0.3) is 15.0 Å². The van der Waals surface area contributed by atoms with Gasteiger partial charge in [0.15, 0.2) is 6.10 Å². The van der Waals surface area contributed by atoms with Crippen molar-refractivity contribution >= 4 is 37.6 Å². The Morgan fingerprint density at radius 3 is 2.43 bits per heavy atom. The summed E-state index contributed by atoms with van der Waals surface area (Å²) in [5.74, 6) is 0.376. The van der Waals surface area contributed by atoms with Gasteiger partial charge in [-0.15, -0.1) is 0 Å². The van der Waals surface area contributed by atoms with Crippen molar-refractivity contribution in [2.24, 2.45) is 0 Å². The van der Waals surface area contributed by atoms with Crippen molar-refractivity contribution in [3.8, 4) is 5.75 Å². The highest BCUT2D eigenvalue weighted by atomic mass is 35.7. The molecule has 2 atom stereocenters. The molecule has 5 rings (SSSR count). The summed E-state index contributed by atoms with van der Waals surface area (Å²) in [6.45, 7) is 12.9. The van der Waals surface area contributed by atoms with E-state index in [0.29, 0.717) is 49.2 Å². The number of carbonyl (C=O) groups is 2. The van der Waals surface area contributed by atoms with Crippen LogP contribution in [0.5, 0.6) is 5.75 Å². The monoisotopic (exact) mass is 683 g/mol. The second kappa shape index (κ2) is 13.8. The molecule has 3 heterocycles. The fourth-order valence-electron chi connectivity index (χ4n) is 5.62. The summed E-state index contributed by atoms with van der Waals surface area (Å²) >= 11 is 0. The summed E-state index contributed by atoms with van der Waals surface area (Å²) in [6.07, 6.45) is 4.64. The molecular formula is C34H42ClN5O6S. The Kier molecular flexibility index (Phi) is 10.1. The molecule has 0 radical (unpaired) electrons. The zero-order valence-electron chi connectivity index (χ0n) is 27.6. The van der Waals surface area contributed by atoms with Crippen molar-refractivity contribution in [1.29, 1.82) is 0 Å². The minimum absolute atomic E-state index is 0.0153. The number of anilines is 1. The Morgan fingerprint density at radius 2 is 1.83 bits per heavy atom. The van der Waals surface area contributed by atoms with Crippen LogP contribution >= 0.6 is 10.7 Å². The van der Waals surface area contributed by atoms with Crippen LogP contribution in [0.2, 0.25) is 0 Å². The Labute approximate surface area is 281 Å². The molecule has 47 heavy (non-hydrogen) atoms. The molecule has 2 amide bonds. The summed E-state index contributed by atoms with van der Waals surface area (Å²) in [4.78, 5) is 38.6. The smallest absolute Gasteiger partial charge is 0.410 e. The number of aryl methyl sites for hydroxylation is 2. The Hall–Kier alpha value is -3.74. The lowest BCUT2D eigenvalue weighted by atomic mass is 10.1. The average Bonchev–Trinajstić information content (AvgIpc) is 3.82. The molecule has 13 heteroatoms. The normalized spacial score (nSPS) is 18.0. The number of rotatable bonds is 9. The molecule has 0 bridgehead atoms. The first-order valence-electron chi connectivity index (χ1n) is 15.8. The van der Waals surface area contributed by atoms with Gasteiger partial charge >= 0.3 is 6.09 Å². The van der Waals surface area contributed by atoms with E-state index < -0.39 is 26.7 Å². The SMILES string of the molecule is Cc1cc(O[C@H](CN2CCN(C(=O)OC(C)(C)C)[C@H](C)C2)c2ccc(C3CC3)cn2)c(S(=O)(=O)Cl)cc1C(=O)Nc1ncccc1C. The predicted molar refractivity (Wildman–Crippen MR) is 180 cm³/mol. The van der Waals surface area contributed by atoms with Crippen LogP contribution in [0.15, 0.2) is 53.7 Å². The molecule has 11 nitrogen and oxygen atoms in total. The predicted octanol–water partition coefficient (Wildman–Crippen LogP) is 6.21. The van der Waals surface area contributed by atoms with Crippen LogP contribution in [0, 0.1) is 13.8 Å². The van der Waals surface area contributed by atoms with E-state index in [4.69, 9.17) is 25.1 Å². The summed E-state index contributed by atoms with van der Waals surface area (Å²) < 4.78 is 37.9. The zero-order chi connectivity index (χ0) is 34.1. The highest BCUT2D eigenvalue weighted by Crippen LogP contribution is 2.40. The maximum atomic E-state index is 13.3. The van der Waals surface area contributed by atoms with Crippen molar-refractivity contribution in [1.82, 2.24) is 19.8 Å². The van der Waals surface area contributed by atoms with Gasteiger partial charge < -0.3 is 19.7 Å². The number of halogens is 1. The molecule has 1 N–H and O–H groups in total. The molecular weight excluding hydrogens is 642 g/mol. The Morgan fingerprint density at radius 1 is 1.09 bits per heavy atom. The molecule has 2 fully saturated rings. The van der Waals surface area contributed by atoms with Crippen LogP contribution in [0.25, 0.3) is 0 Å². The van der Waals surface area contributed by atoms with Crippen LogP contribution in [-0.2, 0) is 13.8 Å². The van der Waals surface area contributed by atoms with Gasteiger partial charge in [-0.1, -0.05) is 12.1 Å². The highest BCUT2D eigenvalue weighted by molar-refractivity contribution is 8.13. The standard InChI is InChI=1S/C34H42ClN5O6S/c1-21-8-7-13-36-31(21)38-32(41)26-17-30(47(35,43)44)28(16-22(26)2)45-29(27-12-11-25(18-37-27)24-9-10-24)20-39-14-15-40(23(3)19-39)33(42)46-34(4,5)6/h7-8,11-13,16-18,23-24,29H,9-10,14-15,19-20H2,1-6H3,(H,36,38,41)/t23-,29-/m1/s1. The van der Waals surface area contributed by atoms with Crippen LogP contribution in [0.3, 0.4) is 0 Å². The first-order valence-corrected chi connectivity index (χ1v) is 18.1. The van der Waals surface area contributed by atoms with Crippen molar-refractivity contribution in [3.63, 3.8) is 0 Å². The number of amides is 2. The first-order chi connectivity index (χ1) is 22.1. The molecule has 2 aliphatic rings. The van der Waals surface area contributed by atoms with Gasteiger partial charge in [0.2, 0.25) is 0 Å². The lowest BCUT2D eigenvalue weighted by Crippen LogP contribution is -2.55. The van der Waals surface area contributed by atoms with E-state index in [1.54, 1.807) is 24.1 Å². The fourth-order valence-corrected chi connectivity index (χ4v) is 6.58. The van der Waals surface area contributed by atoms with E-state index in [1.807, 2.05) is 59.0 Å². The number of benzene rings is 1. The Bertz CT molecular complexity index is 1740. The molecule has 3 aromatic rings. The Balaban J connectivity index is 1.42. The third-order valence-electron chi connectivity index (χ3n) is 8.26. The summed E-state index contributed by atoms with van der Waals surface area (Å²) in [5, 5.41) is 2.75. The lowest BCUT2D eigenvalue weighted by Gasteiger charge is -2.41. The number of hydrogen-bond acceptors (Lipinski definition) is 9. The number of hydrogen-bond donors (Lipinski definition) is 1. The summed E-state index contributed by atoms with van der Waals surface area (Å²) in [7, 11) is 1.61. The fraction of sp³-hybridized carbons (Fsp3) is 0.471. The molecule has 1 aromatic carbocycles.